The molecule has 1 heterocycles. The maximum absolute atomic E-state index is 12.6. The monoisotopic (exact) mass is 322 g/mol. The minimum atomic E-state index is -0.418. The van der Waals surface area contributed by atoms with Crippen LogP contribution in [0.2, 0.25) is 0 Å². The zero-order valence-electron chi connectivity index (χ0n) is 13.4. The molecule has 0 N–H and O–H groups in total. The molecule has 0 atom stereocenters. The zero-order chi connectivity index (χ0) is 17.1. The lowest BCUT2D eigenvalue weighted by Gasteiger charge is -2.18. The number of nitrogens with zero attached hydrogens (tertiary/aromatic N) is 2. The maximum atomic E-state index is 12.6. The van der Waals surface area contributed by atoms with Gasteiger partial charge in [-0.25, -0.2) is 0 Å². The van der Waals surface area contributed by atoms with Gasteiger partial charge in [0.1, 0.15) is 0 Å². The van der Waals surface area contributed by atoms with Crippen LogP contribution in [-0.2, 0) is 0 Å². The maximum Gasteiger partial charge on any atom is 0.269 e. The van der Waals surface area contributed by atoms with Gasteiger partial charge in [0.05, 0.1) is 10.6 Å². The Bertz CT molecular complexity index is 810. The van der Waals surface area contributed by atoms with Crippen molar-refractivity contribution in [1.82, 2.24) is 4.90 Å². The van der Waals surface area contributed by atoms with Crippen molar-refractivity contribution >= 4 is 23.4 Å². The number of carbonyl (C=O) groups excluding carboxylic acids is 1. The quantitative estimate of drug-likeness (QED) is 0.607. The first kappa shape index (κ1) is 15.9. The summed E-state index contributed by atoms with van der Waals surface area (Å²) < 4.78 is 0. The normalized spacial score (nSPS) is 15.0. The van der Waals surface area contributed by atoms with Crippen LogP contribution in [0.15, 0.2) is 48.5 Å². The van der Waals surface area contributed by atoms with Crippen molar-refractivity contribution in [3.05, 3.63) is 75.3 Å². The van der Waals surface area contributed by atoms with Crippen LogP contribution in [0.3, 0.4) is 0 Å². The standard InChI is InChI=1S/C19H18N2O3/c1-2-3-12-20-18(16-6-4-5-7-17(16)19(20)22)13-14-8-10-15(11-9-14)21(23)24/h4-11,13H,2-3,12H2,1H3/b18-13-. The summed E-state index contributed by atoms with van der Waals surface area (Å²) in [5.74, 6) is 0.0206. The van der Waals surface area contributed by atoms with Crippen molar-refractivity contribution < 1.29 is 9.72 Å². The van der Waals surface area contributed by atoms with Crippen LogP contribution in [0.1, 0.15) is 41.3 Å². The summed E-state index contributed by atoms with van der Waals surface area (Å²) in [5.41, 5.74) is 3.38. The van der Waals surface area contributed by atoms with E-state index >= 15 is 0 Å². The van der Waals surface area contributed by atoms with Crippen LogP contribution >= 0.6 is 0 Å². The lowest BCUT2D eigenvalue weighted by Crippen LogP contribution is -2.24. The number of hydrogen-bond donors (Lipinski definition) is 0. The smallest absolute Gasteiger partial charge is 0.269 e. The van der Waals surface area contributed by atoms with Gasteiger partial charge in [0.25, 0.3) is 11.6 Å². The third-order valence-electron chi connectivity index (χ3n) is 4.11. The molecule has 3 rings (SSSR count). The van der Waals surface area contributed by atoms with Crippen LogP contribution in [0, 0.1) is 10.1 Å². The molecule has 2 aromatic rings. The highest BCUT2D eigenvalue weighted by Gasteiger charge is 2.31. The first-order valence-electron chi connectivity index (χ1n) is 7.99. The van der Waals surface area contributed by atoms with Gasteiger partial charge in [0.15, 0.2) is 0 Å². The van der Waals surface area contributed by atoms with E-state index < -0.39 is 4.92 Å². The average molecular weight is 322 g/mol. The fourth-order valence-corrected chi connectivity index (χ4v) is 2.84. The Morgan fingerprint density at radius 1 is 1.08 bits per heavy atom. The topological polar surface area (TPSA) is 63.5 Å². The highest BCUT2D eigenvalue weighted by Crippen LogP contribution is 2.34. The molecule has 2 aromatic carbocycles. The minimum absolute atomic E-state index is 0.0206. The predicted molar refractivity (Wildman–Crippen MR) is 93.4 cm³/mol. The number of benzene rings is 2. The highest BCUT2D eigenvalue weighted by molar-refractivity contribution is 6.11. The van der Waals surface area contributed by atoms with Crippen molar-refractivity contribution in [3.63, 3.8) is 0 Å². The van der Waals surface area contributed by atoms with Crippen LogP contribution in [-0.4, -0.2) is 22.3 Å². The fourth-order valence-electron chi connectivity index (χ4n) is 2.84. The summed E-state index contributed by atoms with van der Waals surface area (Å²) in [6.07, 6.45) is 3.85. The second kappa shape index (κ2) is 6.66. The third-order valence-corrected chi connectivity index (χ3v) is 4.11. The Morgan fingerprint density at radius 3 is 2.38 bits per heavy atom. The van der Waals surface area contributed by atoms with Gasteiger partial charge in [0, 0.05) is 29.8 Å². The molecule has 0 unspecified atom stereocenters. The molecule has 122 valence electrons. The molecule has 1 amide bonds. The Morgan fingerprint density at radius 2 is 1.75 bits per heavy atom. The Kier molecular flexibility index (Phi) is 4.42. The Balaban J connectivity index is 2.01. The number of nitro benzene ring substituents is 1. The molecule has 0 saturated heterocycles. The van der Waals surface area contributed by atoms with Crippen molar-refractivity contribution in [2.24, 2.45) is 0 Å². The van der Waals surface area contributed by atoms with E-state index in [0.717, 1.165) is 29.7 Å². The minimum Gasteiger partial charge on any atom is -0.308 e. The lowest BCUT2D eigenvalue weighted by molar-refractivity contribution is -0.384. The van der Waals surface area contributed by atoms with E-state index in [0.29, 0.717) is 12.1 Å². The molecule has 0 aromatic heterocycles. The van der Waals surface area contributed by atoms with E-state index in [-0.39, 0.29) is 11.6 Å². The van der Waals surface area contributed by atoms with E-state index in [1.165, 1.54) is 12.1 Å². The van der Waals surface area contributed by atoms with E-state index in [9.17, 15) is 14.9 Å². The van der Waals surface area contributed by atoms with E-state index in [4.69, 9.17) is 0 Å². The first-order valence-corrected chi connectivity index (χ1v) is 7.99. The van der Waals surface area contributed by atoms with Gasteiger partial charge in [-0.05, 0) is 36.3 Å². The highest BCUT2D eigenvalue weighted by atomic mass is 16.6. The molecular formula is C19H18N2O3. The number of hydrogen-bond acceptors (Lipinski definition) is 3. The van der Waals surface area contributed by atoms with Gasteiger partial charge in [-0.2, -0.15) is 0 Å². The average Bonchev–Trinajstić information content (AvgIpc) is 2.86. The van der Waals surface area contributed by atoms with Gasteiger partial charge in [0.2, 0.25) is 0 Å². The van der Waals surface area contributed by atoms with Crippen LogP contribution in [0.5, 0.6) is 0 Å². The molecule has 24 heavy (non-hydrogen) atoms. The largest absolute Gasteiger partial charge is 0.308 e. The number of non-ortho nitro benzene ring substituents is 1. The summed E-state index contributed by atoms with van der Waals surface area (Å²) in [6, 6.07) is 13.9. The van der Waals surface area contributed by atoms with E-state index in [1.54, 1.807) is 17.0 Å². The van der Waals surface area contributed by atoms with E-state index in [1.807, 2.05) is 30.3 Å². The Hall–Kier alpha value is -2.95. The zero-order valence-corrected chi connectivity index (χ0v) is 13.4. The molecule has 1 aliphatic heterocycles. The Labute approximate surface area is 140 Å². The van der Waals surface area contributed by atoms with Crippen LogP contribution < -0.4 is 0 Å². The summed E-state index contributed by atoms with van der Waals surface area (Å²) in [6.45, 7) is 2.76. The number of nitro groups is 1. The fraction of sp³-hybridized carbons (Fsp3) is 0.211. The summed E-state index contributed by atoms with van der Waals surface area (Å²) in [4.78, 5) is 24.8. The van der Waals surface area contributed by atoms with Gasteiger partial charge in [-0.1, -0.05) is 31.5 Å². The van der Waals surface area contributed by atoms with Crippen molar-refractivity contribution in [1.29, 1.82) is 0 Å². The molecule has 0 saturated carbocycles. The van der Waals surface area contributed by atoms with Crippen LogP contribution in [0.25, 0.3) is 11.8 Å². The van der Waals surface area contributed by atoms with Crippen molar-refractivity contribution in [3.8, 4) is 0 Å². The summed E-state index contributed by atoms with van der Waals surface area (Å²) in [7, 11) is 0. The molecule has 0 bridgehead atoms. The molecule has 0 radical (unpaired) electrons. The number of amides is 1. The molecular weight excluding hydrogens is 304 g/mol. The van der Waals surface area contributed by atoms with Gasteiger partial charge < -0.3 is 4.90 Å². The van der Waals surface area contributed by atoms with Gasteiger partial charge >= 0.3 is 0 Å². The molecule has 5 heteroatoms. The molecule has 0 fully saturated rings. The lowest BCUT2D eigenvalue weighted by atomic mass is 10.1. The first-order chi connectivity index (χ1) is 11.6. The number of rotatable bonds is 5. The van der Waals surface area contributed by atoms with Gasteiger partial charge in [-0.3, -0.25) is 14.9 Å². The summed E-state index contributed by atoms with van der Waals surface area (Å²) >= 11 is 0. The van der Waals surface area contributed by atoms with Crippen molar-refractivity contribution in [2.45, 2.75) is 19.8 Å². The predicted octanol–water partition coefficient (Wildman–Crippen LogP) is 4.35. The number of fused-ring (bicyclic) bond motifs is 1. The van der Waals surface area contributed by atoms with E-state index in [2.05, 4.69) is 6.92 Å². The molecule has 1 aliphatic rings. The number of carbonyl (C=O) groups is 1. The molecule has 5 nitrogen and oxygen atoms in total. The second-order valence-electron chi connectivity index (χ2n) is 5.73. The SMILES string of the molecule is CCCCN1C(=O)c2ccccc2/C1=C/c1ccc([N+](=O)[O-])cc1. The van der Waals surface area contributed by atoms with Gasteiger partial charge in [-0.15, -0.1) is 0 Å². The van der Waals surface area contributed by atoms with Crippen molar-refractivity contribution in [2.75, 3.05) is 6.54 Å². The molecule has 0 aliphatic carbocycles. The summed E-state index contributed by atoms with van der Waals surface area (Å²) in [5, 5.41) is 10.8. The van der Waals surface area contributed by atoms with Crippen LogP contribution in [0.4, 0.5) is 5.69 Å². The number of unbranched alkanes of at least 4 members (excludes halogenated alkanes) is 1. The second-order valence-corrected chi connectivity index (χ2v) is 5.73. The third kappa shape index (κ3) is 2.93. The molecule has 0 spiro atoms.